The second-order valence-electron chi connectivity index (χ2n) is 5.36. The topological polar surface area (TPSA) is 44.8 Å². The van der Waals surface area contributed by atoms with E-state index in [2.05, 4.69) is 22.9 Å². The molecule has 1 unspecified atom stereocenters. The molecule has 0 spiro atoms. The summed E-state index contributed by atoms with van der Waals surface area (Å²) >= 11 is 0. The molecule has 1 aromatic rings. The average Bonchev–Trinajstić information content (AvgIpc) is 2.52. The first-order valence-corrected chi connectivity index (χ1v) is 7.40. The molecule has 0 saturated carbocycles. The third-order valence-corrected chi connectivity index (χ3v) is 3.93. The van der Waals surface area contributed by atoms with E-state index in [4.69, 9.17) is 4.74 Å². The molecule has 3 rings (SSSR count). The van der Waals surface area contributed by atoms with Gasteiger partial charge < -0.3 is 19.9 Å². The molecule has 0 radical (unpaired) electrons. The summed E-state index contributed by atoms with van der Waals surface area (Å²) in [6, 6.07) is 5.98. The average molecular weight is 287 g/mol. The Hall–Kier alpha value is -2.01. The molecule has 2 aliphatic rings. The first-order valence-electron chi connectivity index (χ1n) is 7.40. The smallest absolute Gasteiger partial charge is 0.268 e. The largest absolute Gasteiger partial charge is 0.479 e. The Balaban J connectivity index is 2.05. The minimum Gasteiger partial charge on any atom is -0.479 e. The van der Waals surface area contributed by atoms with Crippen molar-refractivity contribution in [2.45, 2.75) is 13.0 Å². The summed E-state index contributed by atoms with van der Waals surface area (Å²) in [6.45, 7) is 9.84. The van der Waals surface area contributed by atoms with E-state index in [9.17, 15) is 4.79 Å². The molecule has 1 aromatic carbocycles. The number of fused-ring (bicyclic) bond motifs is 1. The fourth-order valence-corrected chi connectivity index (χ4v) is 2.92. The predicted octanol–water partition coefficient (Wildman–Crippen LogP) is 1.40. The minimum absolute atomic E-state index is 0.00927. The van der Waals surface area contributed by atoms with Gasteiger partial charge in [-0.25, -0.2) is 0 Å². The SMILES string of the molecule is C=CCN1C(=O)C(C)Oc2cccc(N3CCNCC3)c21. The van der Waals surface area contributed by atoms with Crippen molar-refractivity contribution in [2.24, 2.45) is 0 Å². The molecule has 2 aliphatic heterocycles. The van der Waals surface area contributed by atoms with Crippen molar-refractivity contribution >= 4 is 17.3 Å². The molecule has 2 heterocycles. The standard InChI is InChI=1S/C16H21N3O2/c1-3-9-19-15-13(18-10-7-17-8-11-18)5-4-6-14(15)21-12(2)16(19)20/h3-6,12,17H,1,7-11H2,2H3. The maximum Gasteiger partial charge on any atom is 0.268 e. The molecule has 21 heavy (non-hydrogen) atoms. The van der Waals surface area contributed by atoms with Crippen LogP contribution in [0.25, 0.3) is 0 Å². The normalized spacial score (nSPS) is 21.8. The van der Waals surface area contributed by atoms with Gasteiger partial charge in [-0.15, -0.1) is 6.58 Å². The van der Waals surface area contributed by atoms with Gasteiger partial charge in [0.25, 0.3) is 5.91 Å². The molecule has 1 amide bonds. The molecule has 112 valence electrons. The Morgan fingerprint density at radius 3 is 2.90 bits per heavy atom. The van der Waals surface area contributed by atoms with Crippen LogP contribution in [0.5, 0.6) is 5.75 Å². The number of amides is 1. The van der Waals surface area contributed by atoms with Crippen LogP contribution in [0.3, 0.4) is 0 Å². The quantitative estimate of drug-likeness (QED) is 0.854. The number of hydrogen-bond acceptors (Lipinski definition) is 4. The highest BCUT2D eigenvalue weighted by Crippen LogP contribution is 2.42. The van der Waals surface area contributed by atoms with Gasteiger partial charge in [-0.05, 0) is 19.1 Å². The molecule has 0 bridgehead atoms. The van der Waals surface area contributed by atoms with E-state index in [0.29, 0.717) is 6.54 Å². The van der Waals surface area contributed by atoms with Gasteiger partial charge in [-0.1, -0.05) is 12.1 Å². The van der Waals surface area contributed by atoms with Crippen molar-refractivity contribution in [2.75, 3.05) is 42.5 Å². The zero-order valence-corrected chi connectivity index (χ0v) is 12.3. The fourth-order valence-electron chi connectivity index (χ4n) is 2.92. The van der Waals surface area contributed by atoms with Gasteiger partial charge in [0.1, 0.15) is 11.4 Å². The number of carbonyl (C=O) groups excluding carboxylic acids is 1. The van der Waals surface area contributed by atoms with Crippen LogP contribution in [0.2, 0.25) is 0 Å². The van der Waals surface area contributed by atoms with Gasteiger partial charge in [-0.3, -0.25) is 4.79 Å². The second kappa shape index (κ2) is 5.77. The van der Waals surface area contributed by atoms with Crippen molar-refractivity contribution in [3.8, 4) is 5.75 Å². The molecule has 1 fully saturated rings. The fraction of sp³-hybridized carbons (Fsp3) is 0.438. The highest BCUT2D eigenvalue weighted by atomic mass is 16.5. The van der Waals surface area contributed by atoms with Gasteiger partial charge in [0.2, 0.25) is 0 Å². The van der Waals surface area contributed by atoms with Crippen LogP contribution < -0.4 is 19.9 Å². The summed E-state index contributed by atoms with van der Waals surface area (Å²) < 4.78 is 5.78. The summed E-state index contributed by atoms with van der Waals surface area (Å²) in [5.41, 5.74) is 1.94. The lowest BCUT2D eigenvalue weighted by molar-refractivity contribution is -0.125. The Bertz CT molecular complexity index is 552. The van der Waals surface area contributed by atoms with Crippen LogP contribution in [-0.4, -0.2) is 44.7 Å². The van der Waals surface area contributed by atoms with E-state index in [0.717, 1.165) is 43.3 Å². The lowest BCUT2D eigenvalue weighted by Crippen LogP contribution is -2.47. The maximum atomic E-state index is 12.4. The van der Waals surface area contributed by atoms with E-state index in [1.54, 1.807) is 17.9 Å². The van der Waals surface area contributed by atoms with Crippen molar-refractivity contribution in [1.82, 2.24) is 5.32 Å². The number of nitrogens with zero attached hydrogens (tertiary/aromatic N) is 2. The number of piperazine rings is 1. The van der Waals surface area contributed by atoms with E-state index >= 15 is 0 Å². The lowest BCUT2D eigenvalue weighted by atomic mass is 10.1. The first kappa shape index (κ1) is 13.9. The Labute approximate surface area is 125 Å². The van der Waals surface area contributed by atoms with Crippen molar-refractivity contribution < 1.29 is 9.53 Å². The number of nitrogens with one attached hydrogen (secondary N) is 1. The summed E-state index contributed by atoms with van der Waals surface area (Å²) in [5.74, 6) is 0.768. The van der Waals surface area contributed by atoms with Crippen LogP contribution in [0.4, 0.5) is 11.4 Å². The van der Waals surface area contributed by atoms with Gasteiger partial charge in [0.05, 0.1) is 5.69 Å². The number of carbonyl (C=O) groups is 1. The third kappa shape index (κ3) is 2.49. The molecule has 0 aliphatic carbocycles. The van der Waals surface area contributed by atoms with Gasteiger partial charge in [0, 0.05) is 32.7 Å². The van der Waals surface area contributed by atoms with E-state index in [1.807, 2.05) is 12.1 Å². The summed E-state index contributed by atoms with van der Waals surface area (Å²) in [4.78, 5) is 16.5. The van der Waals surface area contributed by atoms with E-state index < -0.39 is 6.10 Å². The summed E-state index contributed by atoms with van der Waals surface area (Å²) in [6.07, 6.45) is 1.31. The Kier molecular flexibility index (Phi) is 3.84. The van der Waals surface area contributed by atoms with Crippen molar-refractivity contribution in [1.29, 1.82) is 0 Å². The number of benzene rings is 1. The van der Waals surface area contributed by atoms with Gasteiger partial charge in [-0.2, -0.15) is 0 Å². The molecular formula is C16H21N3O2. The minimum atomic E-state index is -0.448. The predicted molar refractivity (Wildman–Crippen MR) is 84.2 cm³/mol. The monoisotopic (exact) mass is 287 g/mol. The zero-order valence-electron chi connectivity index (χ0n) is 12.3. The number of hydrogen-bond donors (Lipinski definition) is 1. The molecule has 1 saturated heterocycles. The highest BCUT2D eigenvalue weighted by Gasteiger charge is 2.33. The number of rotatable bonds is 3. The van der Waals surface area contributed by atoms with Crippen LogP contribution in [0.15, 0.2) is 30.9 Å². The Morgan fingerprint density at radius 2 is 2.19 bits per heavy atom. The highest BCUT2D eigenvalue weighted by molar-refractivity contribution is 6.03. The number of ether oxygens (including phenoxy) is 1. The van der Waals surface area contributed by atoms with Crippen LogP contribution in [0, 0.1) is 0 Å². The van der Waals surface area contributed by atoms with Crippen molar-refractivity contribution in [3.05, 3.63) is 30.9 Å². The van der Waals surface area contributed by atoms with E-state index in [-0.39, 0.29) is 5.91 Å². The molecule has 1 atom stereocenters. The van der Waals surface area contributed by atoms with Gasteiger partial charge >= 0.3 is 0 Å². The number of anilines is 2. The van der Waals surface area contributed by atoms with E-state index in [1.165, 1.54) is 0 Å². The third-order valence-electron chi connectivity index (χ3n) is 3.93. The molecule has 5 heteroatoms. The first-order chi connectivity index (χ1) is 10.2. The lowest BCUT2D eigenvalue weighted by Gasteiger charge is -2.38. The van der Waals surface area contributed by atoms with Crippen molar-refractivity contribution in [3.63, 3.8) is 0 Å². The second-order valence-corrected chi connectivity index (χ2v) is 5.36. The molecular weight excluding hydrogens is 266 g/mol. The van der Waals surface area contributed by atoms with Crippen LogP contribution in [-0.2, 0) is 4.79 Å². The summed E-state index contributed by atoms with van der Waals surface area (Å²) in [5, 5.41) is 3.35. The number of para-hydroxylation sites is 1. The molecule has 0 aromatic heterocycles. The maximum absolute atomic E-state index is 12.4. The summed E-state index contributed by atoms with van der Waals surface area (Å²) in [7, 11) is 0. The zero-order chi connectivity index (χ0) is 14.8. The van der Waals surface area contributed by atoms with Crippen LogP contribution in [0.1, 0.15) is 6.92 Å². The van der Waals surface area contributed by atoms with Gasteiger partial charge in [0.15, 0.2) is 6.10 Å². The Morgan fingerprint density at radius 1 is 1.43 bits per heavy atom. The molecule has 5 nitrogen and oxygen atoms in total. The molecule has 1 N–H and O–H groups in total. The van der Waals surface area contributed by atoms with Crippen LogP contribution >= 0.6 is 0 Å².